The highest BCUT2D eigenvalue weighted by Crippen LogP contribution is 2.43. The molecule has 6 rings (SSSR count). The molecule has 264 valence electrons. The number of aromatic carboxylic acids is 1. The van der Waals surface area contributed by atoms with Crippen molar-refractivity contribution in [1.29, 1.82) is 0 Å². The SMILES string of the molecule is C[C@H]1[C@@H](CSc2ccccc2C(=O)O)O[C@@H](c2ccc(CN3C(=O)CC(NC(=O)OCc4ccccc4)C3=O)cc2)O[C@H]1c1ccc(CO)cc1. The Morgan fingerprint density at radius 3 is 2.24 bits per heavy atom. The van der Waals surface area contributed by atoms with E-state index in [1.165, 1.54) is 11.8 Å². The average molecular weight is 711 g/mol. The van der Waals surface area contributed by atoms with E-state index in [-0.39, 0.29) is 49.9 Å². The average Bonchev–Trinajstić information content (AvgIpc) is 3.41. The second-order valence-corrected chi connectivity index (χ2v) is 13.5. The molecular weight excluding hydrogens is 673 g/mol. The van der Waals surface area contributed by atoms with Crippen LogP contribution >= 0.6 is 11.8 Å². The second kappa shape index (κ2) is 16.3. The molecule has 0 radical (unpaired) electrons. The van der Waals surface area contributed by atoms with E-state index < -0.39 is 36.2 Å². The summed E-state index contributed by atoms with van der Waals surface area (Å²) < 4.78 is 18.3. The molecule has 3 amide bonds. The lowest BCUT2D eigenvalue weighted by atomic mass is 9.91. The fraction of sp³-hybridized carbons (Fsp3) is 0.282. The molecule has 5 atom stereocenters. The topological polar surface area (TPSA) is 152 Å². The van der Waals surface area contributed by atoms with E-state index in [9.17, 15) is 29.4 Å². The van der Waals surface area contributed by atoms with Gasteiger partial charge in [-0.1, -0.05) is 97.9 Å². The molecule has 2 fully saturated rings. The minimum absolute atomic E-state index is 0.0285. The van der Waals surface area contributed by atoms with Crippen molar-refractivity contribution < 1.29 is 43.6 Å². The summed E-state index contributed by atoms with van der Waals surface area (Å²) >= 11 is 1.41. The van der Waals surface area contributed by atoms with Crippen LogP contribution in [-0.2, 0) is 43.6 Å². The molecule has 4 aromatic carbocycles. The van der Waals surface area contributed by atoms with Gasteiger partial charge in [-0.2, -0.15) is 0 Å². The third-order valence-electron chi connectivity index (χ3n) is 8.99. The van der Waals surface area contributed by atoms with Crippen LogP contribution in [0.5, 0.6) is 0 Å². The first kappa shape index (κ1) is 35.8. The smallest absolute Gasteiger partial charge is 0.408 e. The zero-order valence-corrected chi connectivity index (χ0v) is 28.7. The molecule has 11 nitrogen and oxygen atoms in total. The maximum Gasteiger partial charge on any atom is 0.408 e. The van der Waals surface area contributed by atoms with Crippen LogP contribution in [0.25, 0.3) is 0 Å². The number of benzene rings is 4. The van der Waals surface area contributed by atoms with E-state index in [2.05, 4.69) is 5.32 Å². The third-order valence-corrected chi connectivity index (χ3v) is 10.1. The molecule has 3 N–H and O–H groups in total. The summed E-state index contributed by atoms with van der Waals surface area (Å²) in [7, 11) is 0. The molecule has 2 aliphatic heterocycles. The van der Waals surface area contributed by atoms with Crippen LogP contribution in [0.15, 0.2) is 108 Å². The number of rotatable bonds is 12. The largest absolute Gasteiger partial charge is 0.478 e. The van der Waals surface area contributed by atoms with Gasteiger partial charge in [0.05, 0.1) is 37.3 Å². The highest BCUT2D eigenvalue weighted by Gasteiger charge is 2.41. The molecule has 2 saturated heterocycles. The molecule has 1 unspecified atom stereocenters. The molecule has 2 heterocycles. The van der Waals surface area contributed by atoms with E-state index in [1.54, 1.807) is 36.4 Å². The highest BCUT2D eigenvalue weighted by molar-refractivity contribution is 7.99. The van der Waals surface area contributed by atoms with Crippen molar-refractivity contribution in [3.05, 3.63) is 137 Å². The normalized spacial score (nSPS) is 21.8. The molecule has 12 heteroatoms. The number of imide groups is 1. The second-order valence-electron chi connectivity index (χ2n) is 12.5. The fourth-order valence-electron chi connectivity index (χ4n) is 6.08. The zero-order chi connectivity index (χ0) is 35.9. The van der Waals surface area contributed by atoms with Gasteiger partial charge in [0.15, 0.2) is 6.29 Å². The molecule has 0 saturated carbocycles. The quantitative estimate of drug-likeness (QED) is 0.118. The number of carbonyl (C=O) groups is 4. The number of aliphatic hydroxyl groups is 1. The minimum atomic E-state index is -1.01. The number of carbonyl (C=O) groups excluding carboxylic acids is 3. The Bertz CT molecular complexity index is 1850. The van der Waals surface area contributed by atoms with Crippen LogP contribution < -0.4 is 5.32 Å². The summed E-state index contributed by atoms with van der Waals surface area (Å²) in [6, 6.07) is 29.8. The molecule has 0 aliphatic carbocycles. The Hall–Kier alpha value is -5.01. The maximum atomic E-state index is 13.1. The van der Waals surface area contributed by atoms with Crippen molar-refractivity contribution in [2.24, 2.45) is 5.92 Å². The monoisotopic (exact) mass is 710 g/mol. The van der Waals surface area contributed by atoms with Crippen molar-refractivity contribution in [1.82, 2.24) is 10.2 Å². The van der Waals surface area contributed by atoms with Crippen LogP contribution in [0.3, 0.4) is 0 Å². The standard InChI is InChI=1S/C39H38N2O9S/c1-24-32(23-51-33-10-6-5-9-30(33)37(45)46)49-38(50-35(24)28-15-13-26(21-42)14-16-28)29-17-11-25(12-18-29)20-41-34(43)19-31(36(41)44)40-39(47)48-22-27-7-3-2-4-8-27/h2-18,24,31-32,35,38,42H,19-23H2,1H3,(H,40,47)(H,45,46)/t24-,31?,32+,35+,38+/m0/s1. The first-order chi connectivity index (χ1) is 24.7. The van der Waals surface area contributed by atoms with Crippen LogP contribution in [0, 0.1) is 5.92 Å². The summed E-state index contributed by atoms with van der Waals surface area (Å²) in [4.78, 5) is 51.8. The van der Waals surface area contributed by atoms with Gasteiger partial charge in [0.2, 0.25) is 5.91 Å². The van der Waals surface area contributed by atoms with Crippen molar-refractivity contribution in [3.63, 3.8) is 0 Å². The lowest BCUT2D eigenvalue weighted by Crippen LogP contribution is -2.41. The van der Waals surface area contributed by atoms with E-state index in [0.717, 1.165) is 27.2 Å². The number of alkyl carbamates (subject to hydrolysis) is 1. The first-order valence-electron chi connectivity index (χ1n) is 16.6. The van der Waals surface area contributed by atoms with E-state index >= 15 is 0 Å². The highest BCUT2D eigenvalue weighted by atomic mass is 32.2. The van der Waals surface area contributed by atoms with Crippen molar-refractivity contribution in [3.8, 4) is 0 Å². The maximum absolute atomic E-state index is 13.1. The Morgan fingerprint density at radius 1 is 0.863 bits per heavy atom. The van der Waals surface area contributed by atoms with Crippen LogP contribution in [0.1, 0.15) is 63.9 Å². The van der Waals surface area contributed by atoms with Crippen LogP contribution in [-0.4, -0.2) is 56.9 Å². The van der Waals surface area contributed by atoms with Gasteiger partial charge >= 0.3 is 12.1 Å². The van der Waals surface area contributed by atoms with Crippen molar-refractivity contribution in [2.45, 2.75) is 62.5 Å². The number of carboxylic acids is 1. The van der Waals surface area contributed by atoms with Gasteiger partial charge in [-0.15, -0.1) is 11.8 Å². The number of nitrogens with zero attached hydrogens (tertiary/aromatic N) is 1. The number of hydrogen-bond acceptors (Lipinski definition) is 9. The lowest BCUT2D eigenvalue weighted by Gasteiger charge is -2.41. The summed E-state index contributed by atoms with van der Waals surface area (Å²) in [6.07, 6.45) is -2.37. The molecule has 4 aromatic rings. The fourth-order valence-corrected chi connectivity index (χ4v) is 7.29. The van der Waals surface area contributed by atoms with Gasteiger partial charge in [-0.05, 0) is 34.4 Å². The van der Waals surface area contributed by atoms with E-state index in [0.29, 0.717) is 16.2 Å². The van der Waals surface area contributed by atoms with Gasteiger partial charge in [0.1, 0.15) is 12.6 Å². The van der Waals surface area contributed by atoms with Crippen LogP contribution in [0.2, 0.25) is 0 Å². The van der Waals surface area contributed by atoms with Gasteiger partial charge in [-0.3, -0.25) is 14.5 Å². The molecule has 0 aromatic heterocycles. The zero-order valence-electron chi connectivity index (χ0n) is 27.8. The summed E-state index contributed by atoms with van der Waals surface area (Å²) in [6.45, 7) is 2.03. The minimum Gasteiger partial charge on any atom is -0.478 e. The van der Waals surface area contributed by atoms with Gasteiger partial charge in [0, 0.05) is 22.1 Å². The Kier molecular flexibility index (Phi) is 11.5. The number of nitrogens with one attached hydrogen (secondary N) is 1. The summed E-state index contributed by atoms with van der Waals surface area (Å²) in [5, 5.41) is 21.7. The molecule has 2 aliphatic rings. The number of hydrogen-bond donors (Lipinski definition) is 3. The number of thioether (sulfide) groups is 1. The van der Waals surface area contributed by atoms with Gasteiger partial charge in [-0.25, -0.2) is 9.59 Å². The molecule has 0 spiro atoms. The number of likely N-dealkylation sites (tertiary alicyclic amines) is 1. The number of carboxylic acid groups (broad SMARTS) is 1. The number of aliphatic hydroxyl groups excluding tert-OH is 1. The van der Waals surface area contributed by atoms with Gasteiger partial charge in [0.25, 0.3) is 5.91 Å². The predicted molar refractivity (Wildman–Crippen MR) is 187 cm³/mol. The van der Waals surface area contributed by atoms with Crippen LogP contribution in [0.4, 0.5) is 4.79 Å². The number of amides is 3. The third kappa shape index (κ3) is 8.66. The predicted octanol–water partition coefficient (Wildman–Crippen LogP) is 6.01. The van der Waals surface area contributed by atoms with E-state index in [4.69, 9.17) is 14.2 Å². The van der Waals surface area contributed by atoms with Crippen molar-refractivity contribution in [2.75, 3.05) is 5.75 Å². The Balaban J connectivity index is 1.12. The first-order valence-corrected chi connectivity index (χ1v) is 17.5. The van der Waals surface area contributed by atoms with Gasteiger partial charge < -0.3 is 29.7 Å². The Morgan fingerprint density at radius 2 is 1.53 bits per heavy atom. The molecule has 0 bridgehead atoms. The Labute approximate surface area is 299 Å². The number of ether oxygens (including phenoxy) is 3. The lowest BCUT2D eigenvalue weighted by molar-refractivity contribution is -0.268. The summed E-state index contributed by atoms with van der Waals surface area (Å²) in [5.74, 6) is -1.53. The molecule has 51 heavy (non-hydrogen) atoms. The summed E-state index contributed by atoms with van der Waals surface area (Å²) in [5.41, 5.74) is 4.15. The molecular formula is C39H38N2O9S. The van der Waals surface area contributed by atoms with Crippen molar-refractivity contribution >= 4 is 35.6 Å². The van der Waals surface area contributed by atoms with E-state index in [1.807, 2.05) is 73.7 Å².